The predicted molar refractivity (Wildman–Crippen MR) is 68.4 cm³/mol. The molecule has 0 aliphatic heterocycles. The van der Waals surface area contributed by atoms with Gasteiger partial charge in [-0.3, -0.25) is 0 Å². The van der Waals surface area contributed by atoms with Crippen LogP contribution >= 0.6 is 0 Å². The second-order valence-corrected chi connectivity index (χ2v) is 4.02. The number of hydrogen-bond donors (Lipinski definition) is 4. The Morgan fingerprint density at radius 1 is 1.38 bits per heavy atom. The largest absolute Gasteiger partial charge is 0.399 e. The lowest BCUT2D eigenvalue weighted by Crippen LogP contribution is -2.17. The van der Waals surface area contributed by atoms with Gasteiger partial charge in [-0.25, -0.2) is 0 Å². The van der Waals surface area contributed by atoms with Crippen LogP contribution in [0.1, 0.15) is 18.4 Å². The van der Waals surface area contributed by atoms with Gasteiger partial charge in [-0.1, -0.05) is 0 Å². The number of nitrogen functional groups attached to an aromatic ring is 1. The predicted octanol–water partition coefficient (Wildman–Crippen LogP) is 1.09. The van der Waals surface area contributed by atoms with Gasteiger partial charge in [-0.15, -0.1) is 0 Å². The average Bonchev–Trinajstić information content (AvgIpc) is 2.24. The van der Waals surface area contributed by atoms with Crippen LogP contribution in [-0.2, 0) is 0 Å². The van der Waals surface area contributed by atoms with Crippen molar-refractivity contribution in [1.29, 1.82) is 0 Å². The number of anilines is 2. The smallest absolute Gasteiger partial charge is 0.0569 e. The molecule has 16 heavy (non-hydrogen) atoms. The fourth-order valence-electron chi connectivity index (χ4n) is 1.51. The Morgan fingerprint density at radius 2 is 2.12 bits per heavy atom. The van der Waals surface area contributed by atoms with E-state index in [2.05, 4.69) is 5.32 Å². The van der Waals surface area contributed by atoms with E-state index < -0.39 is 0 Å². The van der Waals surface area contributed by atoms with Gasteiger partial charge in [-0.05, 0) is 50.1 Å². The molecule has 1 atom stereocenters. The van der Waals surface area contributed by atoms with Crippen LogP contribution in [0.15, 0.2) is 18.2 Å². The molecule has 0 fully saturated rings. The zero-order valence-corrected chi connectivity index (χ0v) is 9.74. The molecule has 0 amide bonds. The maximum absolute atomic E-state index is 9.49. The number of aryl methyl sites for hydroxylation is 1. The summed E-state index contributed by atoms with van der Waals surface area (Å²) in [7, 11) is 0. The first-order valence-corrected chi connectivity index (χ1v) is 5.61. The lowest BCUT2D eigenvalue weighted by atomic mass is 10.1. The van der Waals surface area contributed by atoms with Gasteiger partial charge in [0.2, 0.25) is 0 Å². The van der Waals surface area contributed by atoms with Crippen LogP contribution in [0.25, 0.3) is 0 Å². The number of benzene rings is 1. The highest BCUT2D eigenvalue weighted by Crippen LogP contribution is 2.16. The summed E-state index contributed by atoms with van der Waals surface area (Å²) in [4.78, 5) is 0. The third-order valence-electron chi connectivity index (χ3n) is 2.58. The summed E-state index contributed by atoms with van der Waals surface area (Å²) in [5, 5.41) is 12.7. The molecule has 0 aromatic heterocycles. The van der Waals surface area contributed by atoms with E-state index >= 15 is 0 Å². The highest BCUT2D eigenvalue weighted by Gasteiger charge is 2.02. The third-order valence-corrected chi connectivity index (χ3v) is 2.58. The molecular formula is C12H21N3O. The van der Waals surface area contributed by atoms with E-state index in [1.165, 1.54) is 0 Å². The number of rotatable bonds is 6. The van der Waals surface area contributed by atoms with Crippen LogP contribution in [-0.4, -0.2) is 24.3 Å². The van der Waals surface area contributed by atoms with Crippen molar-refractivity contribution in [3.05, 3.63) is 23.8 Å². The van der Waals surface area contributed by atoms with Gasteiger partial charge in [0.15, 0.2) is 0 Å². The Morgan fingerprint density at radius 3 is 2.75 bits per heavy atom. The van der Waals surface area contributed by atoms with E-state index in [1.54, 1.807) is 0 Å². The molecule has 0 saturated carbocycles. The second-order valence-electron chi connectivity index (χ2n) is 4.02. The van der Waals surface area contributed by atoms with Crippen molar-refractivity contribution < 1.29 is 5.11 Å². The molecule has 4 nitrogen and oxygen atoms in total. The fourth-order valence-corrected chi connectivity index (χ4v) is 1.51. The lowest BCUT2D eigenvalue weighted by Gasteiger charge is -2.11. The molecule has 6 N–H and O–H groups in total. The molecule has 1 aromatic carbocycles. The zero-order chi connectivity index (χ0) is 12.0. The minimum Gasteiger partial charge on any atom is -0.399 e. The summed E-state index contributed by atoms with van der Waals surface area (Å²) in [6.45, 7) is 3.25. The first-order chi connectivity index (χ1) is 7.63. The van der Waals surface area contributed by atoms with Crippen molar-refractivity contribution in [2.75, 3.05) is 24.1 Å². The van der Waals surface area contributed by atoms with Crippen molar-refractivity contribution in [2.45, 2.75) is 25.9 Å². The number of nitrogens with two attached hydrogens (primary N) is 2. The molecule has 90 valence electrons. The molecule has 0 aliphatic carbocycles. The van der Waals surface area contributed by atoms with Crippen molar-refractivity contribution in [3.63, 3.8) is 0 Å². The van der Waals surface area contributed by atoms with E-state index in [9.17, 15) is 5.11 Å². The summed E-state index contributed by atoms with van der Waals surface area (Å²) < 4.78 is 0. The van der Waals surface area contributed by atoms with Crippen molar-refractivity contribution in [1.82, 2.24) is 0 Å². The van der Waals surface area contributed by atoms with Gasteiger partial charge in [-0.2, -0.15) is 0 Å². The lowest BCUT2D eigenvalue weighted by molar-refractivity contribution is 0.161. The number of aliphatic hydroxyl groups excluding tert-OH is 1. The summed E-state index contributed by atoms with van der Waals surface area (Å²) in [5.74, 6) is 0. The minimum absolute atomic E-state index is 0.313. The Bertz CT molecular complexity index is 328. The monoisotopic (exact) mass is 223 g/mol. The molecule has 4 heteroatoms. The van der Waals surface area contributed by atoms with Gasteiger partial charge < -0.3 is 21.9 Å². The van der Waals surface area contributed by atoms with Crippen molar-refractivity contribution in [3.8, 4) is 0 Å². The number of hydrogen-bond acceptors (Lipinski definition) is 4. The molecule has 0 saturated heterocycles. The molecule has 1 unspecified atom stereocenters. The minimum atomic E-state index is -0.313. The molecule has 0 aliphatic rings. The Balaban J connectivity index is 2.34. The Hall–Kier alpha value is -1.26. The normalized spacial score (nSPS) is 12.4. The first-order valence-electron chi connectivity index (χ1n) is 5.61. The highest BCUT2D eigenvalue weighted by atomic mass is 16.3. The summed E-state index contributed by atoms with van der Waals surface area (Å²) in [5.41, 5.74) is 14.0. The molecule has 1 rings (SSSR count). The fraction of sp³-hybridized carbons (Fsp3) is 0.500. The van der Waals surface area contributed by atoms with Gasteiger partial charge in [0, 0.05) is 17.9 Å². The summed E-state index contributed by atoms with van der Waals surface area (Å²) in [6.07, 6.45) is 1.05. The van der Waals surface area contributed by atoms with Gasteiger partial charge in [0.1, 0.15) is 0 Å². The molecule has 0 bridgehead atoms. The second kappa shape index (κ2) is 6.35. The van der Waals surface area contributed by atoms with E-state index in [-0.39, 0.29) is 6.10 Å². The van der Waals surface area contributed by atoms with Crippen LogP contribution in [0.3, 0.4) is 0 Å². The topological polar surface area (TPSA) is 84.3 Å². The maximum Gasteiger partial charge on any atom is 0.0569 e. The van der Waals surface area contributed by atoms with Crippen LogP contribution in [0.4, 0.5) is 11.4 Å². The van der Waals surface area contributed by atoms with Crippen LogP contribution in [0.2, 0.25) is 0 Å². The van der Waals surface area contributed by atoms with Gasteiger partial charge >= 0.3 is 0 Å². The number of aliphatic hydroxyl groups is 1. The van der Waals surface area contributed by atoms with E-state index in [0.29, 0.717) is 19.4 Å². The maximum atomic E-state index is 9.49. The SMILES string of the molecule is Cc1cc(NCCC(O)CCN)ccc1N. The van der Waals surface area contributed by atoms with Crippen molar-refractivity contribution >= 4 is 11.4 Å². The molecule has 0 radical (unpaired) electrons. The Kier molecular flexibility index (Phi) is 5.08. The van der Waals surface area contributed by atoms with Gasteiger partial charge in [0.25, 0.3) is 0 Å². The van der Waals surface area contributed by atoms with E-state index in [4.69, 9.17) is 11.5 Å². The standard InChI is InChI=1S/C12H21N3O/c1-9-8-10(2-3-12(9)14)15-7-5-11(16)4-6-13/h2-3,8,11,15-16H,4-7,13-14H2,1H3. The van der Waals surface area contributed by atoms with E-state index in [1.807, 2.05) is 25.1 Å². The average molecular weight is 223 g/mol. The summed E-state index contributed by atoms with van der Waals surface area (Å²) in [6, 6.07) is 5.83. The zero-order valence-electron chi connectivity index (χ0n) is 9.74. The van der Waals surface area contributed by atoms with Crippen LogP contribution in [0.5, 0.6) is 0 Å². The van der Waals surface area contributed by atoms with Gasteiger partial charge in [0.05, 0.1) is 6.10 Å². The first kappa shape index (κ1) is 12.8. The Labute approximate surface area is 96.6 Å². The van der Waals surface area contributed by atoms with Crippen molar-refractivity contribution in [2.24, 2.45) is 5.73 Å². The number of nitrogens with one attached hydrogen (secondary N) is 1. The molecular weight excluding hydrogens is 202 g/mol. The molecule has 0 heterocycles. The quantitative estimate of drug-likeness (QED) is 0.544. The molecule has 0 spiro atoms. The van der Waals surface area contributed by atoms with Crippen LogP contribution < -0.4 is 16.8 Å². The highest BCUT2D eigenvalue weighted by molar-refractivity contribution is 5.56. The summed E-state index contributed by atoms with van der Waals surface area (Å²) >= 11 is 0. The van der Waals surface area contributed by atoms with E-state index in [0.717, 1.165) is 23.5 Å². The third kappa shape index (κ3) is 4.08. The van der Waals surface area contributed by atoms with Crippen LogP contribution in [0, 0.1) is 6.92 Å². The molecule has 1 aromatic rings.